The predicted molar refractivity (Wildman–Crippen MR) is 69.1 cm³/mol. The minimum atomic E-state index is 0.0500. The van der Waals surface area contributed by atoms with Crippen LogP contribution in [0.25, 0.3) is 0 Å². The van der Waals surface area contributed by atoms with Crippen molar-refractivity contribution in [1.29, 1.82) is 0 Å². The van der Waals surface area contributed by atoms with Crippen LogP contribution in [0.5, 0.6) is 0 Å². The van der Waals surface area contributed by atoms with Gasteiger partial charge in [0.2, 0.25) is 5.91 Å². The topological polar surface area (TPSA) is 29.1 Å². The van der Waals surface area contributed by atoms with Gasteiger partial charge in [0.25, 0.3) is 0 Å². The van der Waals surface area contributed by atoms with Crippen molar-refractivity contribution >= 4 is 37.8 Å². The number of nitrogens with one attached hydrogen (secondary N) is 1. The Balaban J connectivity index is 2.60. The fourth-order valence-corrected chi connectivity index (χ4v) is 2.04. The van der Waals surface area contributed by atoms with E-state index in [1.54, 1.807) is 0 Å². The van der Waals surface area contributed by atoms with Crippen LogP contribution in [0.15, 0.2) is 28.7 Å². The summed E-state index contributed by atoms with van der Waals surface area (Å²) in [6.45, 7) is 1.98. The van der Waals surface area contributed by atoms with Crippen molar-refractivity contribution in [3.8, 4) is 0 Å². The third-order valence-corrected chi connectivity index (χ3v) is 2.94. The van der Waals surface area contributed by atoms with Gasteiger partial charge in [-0.05, 0) is 24.6 Å². The molecule has 0 aliphatic rings. The lowest BCUT2D eigenvalue weighted by atomic mass is 10.1. The zero-order valence-electron chi connectivity index (χ0n) is 8.47. The van der Waals surface area contributed by atoms with Gasteiger partial charge in [-0.1, -0.05) is 44.0 Å². The number of benzene rings is 1. The fourth-order valence-electron chi connectivity index (χ4n) is 1.26. The summed E-state index contributed by atoms with van der Waals surface area (Å²) in [6, 6.07) is 8.00. The normalized spacial score (nSPS) is 12.2. The molecule has 0 aliphatic carbocycles. The van der Waals surface area contributed by atoms with Crippen LogP contribution in [0.4, 0.5) is 0 Å². The quantitative estimate of drug-likeness (QED) is 0.840. The van der Waals surface area contributed by atoms with Gasteiger partial charge >= 0.3 is 0 Å². The number of carbonyl (C=O) groups excluding carboxylic acids is 1. The summed E-state index contributed by atoms with van der Waals surface area (Å²) in [4.78, 5) is 11.4. The molecule has 1 rings (SSSR count). The molecule has 2 nitrogen and oxygen atoms in total. The van der Waals surface area contributed by atoms with E-state index in [-0.39, 0.29) is 11.9 Å². The fraction of sp³-hybridized carbons (Fsp3) is 0.364. The maximum atomic E-state index is 11.4. The highest BCUT2D eigenvalue weighted by molar-refractivity contribution is 9.10. The van der Waals surface area contributed by atoms with E-state index in [2.05, 4.69) is 37.2 Å². The molecule has 0 aliphatic heterocycles. The lowest BCUT2D eigenvalue weighted by Crippen LogP contribution is -2.26. The van der Waals surface area contributed by atoms with Gasteiger partial charge in [-0.2, -0.15) is 0 Å². The van der Waals surface area contributed by atoms with E-state index < -0.39 is 0 Å². The Labute approximate surface area is 107 Å². The SMILES string of the molecule is C[C@H](NC(=O)CCBr)c1cccc(Br)c1. The predicted octanol–water partition coefficient (Wildman–Crippen LogP) is 3.41. The first-order valence-corrected chi connectivity index (χ1v) is 6.65. The summed E-state index contributed by atoms with van der Waals surface area (Å²) >= 11 is 6.65. The third-order valence-electron chi connectivity index (χ3n) is 2.05. The summed E-state index contributed by atoms with van der Waals surface area (Å²) in [5.74, 6) is 0.0688. The van der Waals surface area contributed by atoms with E-state index in [4.69, 9.17) is 0 Å². The molecule has 1 N–H and O–H groups in total. The summed E-state index contributed by atoms with van der Waals surface area (Å²) < 4.78 is 1.03. The largest absolute Gasteiger partial charge is 0.350 e. The second-order valence-corrected chi connectivity index (χ2v) is 4.99. The van der Waals surface area contributed by atoms with E-state index in [1.807, 2.05) is 31.2 Å². The van der Waals surface area contributed by atoms with Crippen LogP contribution in [0, 0.1) is 0 Å². The molecule has 0 fully saturated rings. The molecule has 1 aromatic carbocycles. The lowest BCUT2D eigenvalue weighted by molar-refractivity contribution is -0.121. The van der Waals surface area contributed by atoms with Crippen molar-refractivity contribution in [2.45, 2.75) is 19.4 Å². The molecule has 1 amide bonds. The third kappa shape index (κ3) is 4.34. The van der Waals surface area contributed by atoms with Gasteiger partial charge in [-0.15, -0.1) is 0 Å². The monoisotopic (exact) mass is 333 g/mol. The van der Waals surface area contributed by atoms with Gasteiger partial charge in [0.1, 0.15) is 0 Å². The molecule has 82 valence electrons. The average Bonchev–Trinajstić information content (AvgIpc) is 2.18. The smallest absolute Gasteiger partial charge is 0.221 e. The molecular weight excluding hydrogens is 322 g/mol. The van der Waals surface area contributed by atoms with Crippen LogP contribution < -0.4 is 5.32 Å². The molecule has 0 spiro atoms. The van der Waals surface area contributed by atoms with Crippen LogP contribution in [0.2, 0.25) is 0 Å². The molecular formula is C11H13Br2NO. The van der Waals surface area contributed by atoms with Crippen LogP contribution in [0.1, 0.15) is 24.9 Å². The maximum absolute atomic E-state index is 11.4. The minimum Gasteiger partial charge on any atom is -0.350 e. The Morgan fingerprint density at radius 1 is 1.53 bits per heavy atom. The van der Waals surface area contributed by atoms with Gasteiger partial charge < -0.3 is 5.32 Å². The van der Waals surface area contributed by atoms with Crippen LogP contribution >= 0.6 is 31.9 Å². The molecule has 0 unspecified atom stereocenters. The highest BCUT2D eigenvalue weighted by Crippen LogP contribution is 2.17. The molecule has 0 saturated heterocycles. The molecule has 0 bridgehead atoms. The number of halogens is 2. The Bertz CT molecular complexity index is 341. The highest BCUT2D eigenvalue weighted by Gasteiger charge is 2.08. The number of carbonyl (C=O) groups is 1. The maximum Gasteiger partial charge on any atom is 0.221 e. The van der Waals surface area contributed by atoms with Crippen molar-refractivity contribution in [2.24, 2.45) is 0 Å². The summed E-state index contributed by atoms with van der Waals surface area (Å²) in [6.07, 6.45) is 0.512. The standard InChI is InChI=1S/C11H13Br2NO/c1-8(14-11(15)5-6-12)9-3-2-4-10(13)7-9/h2-4,7-8H,5-6H2,1H3,(H,14,15)/t8-/m0/s1. The lowest BCUT2D eigenvalue weighted by Gasteiger charge is -2.14. The van der Waals surface area contributed by atoms with Crippen LogP contribution in [-0.2, 0) is 4.79 Å². The molecule has 4 heteroatoms. The van der Waals surface area contributed by atoms with Crippen molar-refractivity contribution in [3.05, 3.63) is 34.3 Å². The Morgan fingerprint density at radius 2 is 2.27 bits per heavy atom. The molecule has 1 aromatic rings. The van der Waals surface area contributed by atoms with Gasteiger partial charge in [0.15, 0.2) is 0 Å². The highest BCUT2D eigenvalue weighted by atomic mass is 79.9. The van der Waals surface area contributed by atoms with E-state index >= 15 is 0 Å². The van der Waals surface area contributed by atoms with E-state index in [1.165, 1.54) is 0 Å². The minimum absolute atomic E-state index is 0.0500. The molecule has 0 saturated carbocycles. The average molecular weight is 335 g/mol. The number of amides is 1. The van der Waals surface area contributed by atoms with Gasteiger partial charge in [0, 0.05) is 16.2 Å². The summed E-state index contributed by atoms with van der Waals surface area (Å²) in [7, 11) is 0. The Morgan fingerprint density at radius 3 is 2.87 bits per heavy atom. The van der Waals surface area contributed by atoms with Crippen LogP contribution in [-0.4, -0.2) is 11.2 Å². The molecule has 0 heterocycles. The molecule has 0 radical (unpaired) electrons. The number of hydrogen-bond donors (Lipinski definition) is 1. The first-order chi connectivity index (χ1) is 7.13. The number of alkyl halides is 1. The van der Waals surface area contributed by atoms with E-state index in [9.17, 15) is 4.79 Å². The zero-order valence-corrected chi connectivity index (χ0v) is 11.6. The molecule has 15 heavy (non-hydrogen) atoms. The number of hydrogen-bond acceptors (Lipinski definition) is 1. The Hall–Kier alpha value is -0.350. The van der Waals surface area contributed by atoms with E-state index in [0.717, 1.165) is 10.0 Å². The first kappa shape index (κ1) is 12.7. The van der Waals surface area contributed by atoms with E-state index in [0.29, 0.717) is 11.8 Å². The first-order valence-electron chi connectivity index (χ1n) is 4.74. The second kappa shape index (κ2) is 6.28. The van der Waals surface area contributed by atoms with Crippen molar-refractivity contribution in [3.63, 3.8) is 0 Å². The van der Waals surface area contributed by atoms with Crippen LogP contribution in [0.3, 0.4) is 0 Å². The zero-order chi connectivity index (χ0) is 11.3. The summed E-state index contributed by atoms with van der Waals surface area (Å²) in [5, 5.41) is 3.63. The van der Waals surface area contributed by atoms with Gasteiger partial charge in [0.05, 0.1) is 6.04 Å². The van der Waals surface area contributed by atoms with Crippen molar-refractivity contribution < 1.29 is 4.79 Å². The van der Waals surface area contributed by atoms with Gasteiger partial charge in [-0.25, -0.2) is 0 Å². The summed E-state index contributed by atoms with van der Waals surface area (Å²) in [5.41, 5.74) is 1.10. The second-order valence-electron chi connectivity index (χ2n) is 3.28. The number of rotatable bonds is 4. The van der Waals surface area contributed by atoms with Gasteiger partial charge in [-0.3, -0.25) is 4.79 Å². The molecule has 1 atom stereocenters. The molecule has 0 aromatic heterocycles. The van der Waals surface area contributed by atoms with Crippen molar-refractivity contribution in [2.75, 3.05) is 5.33 Å². The Kier molecular flexibility index (Phi) is 5.32. The van der Waals surface area contributed by atoms with Crippen molar-refractivity contribution in [1.82, 2.24) is 5.32 Å².